The SMILES string of the molecule is Cc1ccc(C)c(C)n1.[CH3-].[Y]. The van der Waals surface area contributed by atoms with Gasteiger partial charge in [-0.15, -0.1) is 0 Å². The van der Waals surface area contributed by atoms with Crippen LogP contribution in [0.4, 0.5) is 0 Å². The maximum atomic E-state index is 4.27. The normalized spacial score (nSPS) is 7.91. The van der Waals surface area contributed by atoms with E-state index in [1.54, 1.807) is 0 Å². The Kier molecular flexibility index (Phi) is 7.35. The van der Waals surface area contributed by atoms with Crippen molar-refractivity contribution in [3.8, 4) is 0 Å². The summed E-state index contributed by atoms with van der Waals surface area (Å²) in [4.78, 5) is 4.27. The van der Waals surface area contributed by atoms with Crippen molar-refractivity contribution in [2.24, 2.45) is 0 Å². The molecule has 0 unspecified atom stereocenters. The molecule has 0 aliphatic heterocycles. The first-order valence-corrected chi connectivity index (χ1v) is 3.11. The van der Waals surface area contributed by atoms with Gasteiger partial charge in [0.05, 0.1) is 0 Å². The summed E-state index contributed by atoms with van der Waals surface area (Å²) >= 11 is 0. The van der Waals surface area contributed by atoms with E-state index in [9.17, 15) is 0 Å². The molecule has 0 aromatic carbocycles. The monoisotopic (exact) mass is 225 g/mol. The van der Waals surface area contributed by atoms with Gasteiger partial charge in [0, 0.05) is 44.1 Å². The molecule has 2 heteroatoms. The van der Waals surface area contributed by atoms with E-state index in [0.29, 0.717) is 0 Å². The molecule has 1 aromatic rings. The first-order chi connectivity index (χ1) is 4.20. The van der Waals surface area contributed by atoms with E-state index in [1.807, 2.05) is 19.9 Å². The van der Waals surface area contributed by atoms with Gasteiger partial charge in [0.25, 0.3) is 0 Å². The summed E-state index contributed by atoms with van der Waals surface area (Å²) in [5.41, 5.74) is 3.49. The van der Waals surface area contributed by atoms with Crippen LogP contribution in [0.15, 0.2) is 12.1 Å². The molecular formula is C9H14NY-. The van der Waals surface area contributed by atoms with Gasteiger partial charge < -0.3 is 7.43 Å². The molecule has 0 saturated carbocycles. The van der Waals surface area contributed by atoms with E-state index < -0.39 is 0 Å². The van der Waals surface area contributed by atoms with Crippen LogP contribution in [0.1, 0.15) is 17.0 Å². The summed E-state index contributed by atoms with van der Waals surface area (Å²) in [5, 5.41) is 0. The van der Waals surface area contributed by atoms with Crippen molar-refractivity contribution in [2.75, 3.05) is 0 Å². The van der Waals surface area contributed by atoms with Crippen LogP contribution in [-0.2, 0) is 32.7 Å². The average Bonchev–Trinajstić information content (AvgIpc) is 1.80. The van der Waals surface area contributed by atoms with E-state index in [0.717, 1.165) is 11.4 Å². The summed E-state index contributed by atoms with van der Waals surface area (Å²) in [6.45, 7) is 6.11. The fourth-order valence-corrected chi connectivity index (χ4v) is 0.756. The zero-order valence-corrected chi connectivity index (χ0v) is 10.5. The van der Waals surface area contributed by atoms with Crippen LogP contribution >= 0.6 is 0 Å². The Hall–Kier alpha value is 0.254. The molecule has 0 spiro atoms. The van der Waals surface area contributed by atoms with E-state index in [2.05, 4.69) is 18.0 Å². The number of hydrogen-bond donors (Lipinski definition) is 0. The van der Waals surface area contributed by atoms with Crippen molar-refractivity contribution < 1.29 is 32.7 Å². The largest absolute Gasteiger partial charge is 0.358 e. The molecule has 0 N–H and O–H groups in total. The Morgan fingerprint density at radius 2 is 1.64 bits per heavy atom. The summed E-state index contributed by atoms with van der Waals surface area (Å²) in [6.07, 6.45) is 0. The molecule has 1 nitrogen and oxygen atoms in total. The number of pyridine rings is 1. The van der Waals surface area contributed by atoms with Crippen molar-refractivity contribution in [3.63, 3.8) is 0 Å². The molecule has 0 aliphatic rings. The number of aryl methyl sites for hydroxylation is 3. The fourth-order valence-electron chi connectivity index (χ4n) is 0.756. The summed E-state index contributed by atoms with van der Waals surface area (Å²) in [7, 11) is 0. The first kappa shape index (κ1) is 13.8. The Bertz CT molecular complexity index is 221. The molecule has 0 fully saturated rings. The number of aromatic nitrogens is 1. The molecular weight excluding hydrogens is 211 g/mol. The van der Waals surface area contributed by atoms with Gasteiger partial charge in [-0.3, -0.25) is 4.98 Å². The molecule has 59 valence electrons. The molecule has 0 amide bonds. The smallest absolute Gasteiger partial charge is 0.0404 e. The molecule has 1 rings (SSSR count). The van der Waals surface area contributed by atoms with Crippen molar-refractivity contribution >= 4 is 0 Å². The van der Waals surface area contributed by atoms with Gasteiger partial charge in [-0.25, -0.2) is 0 Å². The third-order valence-corrected chi connectivity index (χ3v) is 1.49. The predicted molar refractivity (Wildman–Crippen MR) is 44.9 cm³/mol. The Balaban J connectivity index is 0. The van der Waals surface area contributed by atoms with E-state index in [-0.39, 0.29) is 40.1 Å². The van der Waals surface area contributed by atoms with Gasteiger partial charge in [0.15, 0.2) is 0 Å². The minimum Gasteiger partial charge on any atom is -0.358 e. The molecule has 1 heterocycles. The van der Waals surface area contributed by atoms with Gasteiger partial charge in [0.2, 0.25) is 0 Å². The maximum absolute atomic E-state index is 4.27. The van der Waals surface area contributed by atoms with Crippen LogP contribution in [0.2, 0.25) is 0 Å². The average molecular weight is 225 g/mol. The van der Waals surface area contributed by atoms with Gasteiger partial charge in [0.1, 0.15) is 0 Å². The van der Waals surface area contributed by atoms with E-state index in [1.165, 1.54) is 5.56 Å². The third-order valence-electron chi connectivity index (χ3n) is 1.49. The Labute approximate surface area is 94.5 Å². The zero-order valence-electron chi connectivity index (χ0n) is 7.68. The van der Waals surface area contributed by atoms with Gasteiger partial charge in [-0.1, -0.05) is 6.07 Å². The topological polar surface area (TPSA) is 12.9 Å². The molecule has 0 bridgehead atoms. The Morgan fingerprint density at radius 1 is 1.09 bits per heavy atom. The molecule has 0 saturated heterocycles. The van der Waals surface area contributed by atoms with Crippen LogP contribution in [0.3, 0.4) is 0 Å². The summed E-state index contributed by atoms with van der Waals surface area (Å²) < 4.78 is 0. The Morgan fingerprint density at radius 3 is 2.00 bits per heavy atom. The fraction of sp³-hybridized carbons (Fsp3) is 0.333. The van der Waals surface area contributed by atoms with Crippen molar-refractivity contribution in [3.05, 3.63) is 36.5 Å². The second kappa shape index (κ2) is 5.85. The molecule has 0 atom stereocenters. The summed E-state index contributed by atoms with van der Waals surface area (Å²) in [5.74, 6) is 0. The van der Waals surface area contributed by atoms with E-state index >= 15 is 0 Å². The van der Waals surface area contributed by atoms with Crippen LogP contribution in [0, 0.1) is 28.2 Å². The number of nitrogens with zero attached hydrogens (tertiary/aromatic N) is 1. The standard InChI is InChI=1S/C8H11N.CH3.Y/c1-6-4-5-7(2)9-8(6)3;;/h4-5H,1-3H3;1H3;/q;-1;. The zero-order chi connectivity index (χ0) is 6.85. The third kappa shape index (κ3) is 3.98. The van der Waals surface area contributed by atoms with Gasteiger partial charge in [-0.2, -0.15) is 0 Å². The minimum atomic E-state index is 0. The summed E-state index contributed by atoms with van der Waals surface area (Å²) in [6, 6.07) is 4.12. The minimum absolute atomic E-state index is 0. The van der Waals surface area contributed by atoms with Gasteiger partial charge >= 0.3 is 0 Å². The van der Waals surface area contributed by atoms with Crippen LogP contribution in [0.25, 0.3) is 0 Å². The van der Waals surface area contributed by atoms with Crippen molar-refractivity contribution in [1.29, 1.82) is 0 Å². The van der Waals surface area contributed by atoms with Crippen molar-refractivity contribution in [1.82, 2.24) is 4.98 Å². The number of rotatable bonds is 0. The van der Waals surface area contributed by atoms with Gasteiger partial charge in [-0.05, 0) is 32.4 Å². The first-order valence-electron chi connectivity index (χ1n) is 3.11. The predicted octanol–water partition coefficient (Wildman–Crippen LogP) is 2.45. The van der Waals surface area contributed by atoms with Crippen LogP contribution < -0.4 is 0 Å². The van der Waals surface area contributed by atoms with Crippen LogP contribution in [0.5, 0.6) is 0 Å². The molecule has 11 heavy (non-hydrogen) atoms. The molecule has 1 aromatic heterocycles. The second-order valence-corrected chi connectivity index (χ2v) is 2.35. The molecule has 1 radical (unpaired) electrons. The number of hydrogen-bond acceptors (Lipinski definition) is 1. The van der Waals surface area contributed by atoms with Crippen molar-refractivity contribution in [2.45, 2.75) is 20.8 Å². The maximum Gasteiger partial charge on any atom is 0.0404 e. The molecule has 0 aliphatic carbocycles. The second-order valence-electron chi connectivity index (χ2n) is 2.35. The van der Waals surface area contributed by atoms with Crippen LogP contribution in [-0.4, -0.2) is 4.98 Å². The van der Waals surface area contributed by atoms with E-state index in [4.69, 9.17) is 0 Å². The quantitative estimate of drug-likeness (QED) is 0.618.